The molecule has 3 rings (SSSR count). The Morgan fingerprint density at radius 2 is 2.30 bits per heavy atom. The van der Waals surface area contributed by atoms with Gasteiger partial charge in [0.05, 0.1) is 24.9 Å². The molecule has 23 heavy (non-hydrogen) atoms. The Morgan fingerprint density at radius 1 is 1.48 bits per heavy atom. The summed E-state index contributed by atoms with van der Waals surface area (Å²) in [5.41, 5.74) is 0.930. The van der Waals surface area contributed by atoms with E-state index in [0.717, 1.165) is 50.3 Å². The molecule has 1 N–H and O–H groups in total. The van der Waals surface area contributed by atoms with Crippen molar-refractivity contribution in [1.29, 1.82) is 0 Å². The van der Waals surface area contributed by atoms with E-state index in [-0.39, 0.29) is 30.3 Å². The number of nitrogens with zero attached hydrogens (tertiary/aromatic N) is 2. The molecule has 1 aliphatic carbocycles. The minimum Gasteiger partial charge on any atom is -0.375 e. The Bertz CT molecular complexity index is 522. The van der Waals surface area contributed by atoms with Crippen LogP contribution in [0.15, 0.2) is 10.6 Å². The molecule has 1 aromatic rings. The third-order valence-electron chi connectivity index (χ3n) is 4.72. The molecule has 1 saturated heterocycles. The van der Waals surface area contributed by atoms with Crippen molar-refractivity contribution in [2.75, 3.05) is 20.2 Å². The van der Waals surface area contributed by atoms with E-state index in [0.29, 0.717) is 12.6 Å². The second-order valence-electron chi connectivity index (χ2n) is 6.31. The molecule has 0 unspecified atom stereocenters. The highest BCUT2D eigenvalue weighted by Gasteiger charge is 2.36. The predicted octanol–water partition coefficient (Wildman–Crippen LogP) is 1.77. The fraction of sp³-hybridized carbons (Fsp3) is 0.750. The molecule has 1 saturated carbocycles. The second kappa shape index (κ2) is 8.13. The van der Waals surface area contributed by atoms with Crippen LogP contribution >= 0.6 is 12.4 Å². The number of aryl methyl sites for hydroxylation is 1. The summed E-state index contributed by atoms with van der Waals surface area (Å²) in [6.07, 6.45) is 3.86. The standard InChI is InChI=1S/C16H25N3O3.ClH/c1-3-12-9-13(22-18-12)10-19(2)16(20)11-4-5-15-14(8-11)17-6-7-21-15;/h9,11,14-15,17H,3-8,10H2,1-2H3;1H/t11-,14+,15+;/m0./s1. The Hall–Kier alpha value is -1.11. The minimum absolute atomic E-state index is 0. The molecule has 2 fully saturated rings. The topological polar surface area (TPSA) is 67.6 Å². The van der Waals surface area contributed by atoms with Gasteiger partial charge in [-0.25, -0.2) is 0 Å². The van der Waals surface area contributed by atoms with Crippen LogP contribution in [0.5, 0.6) is 0 Å². The number of hydrogen-bond acceptors (Lipinski definition) is 5. The highest BCUT2D eigenvalue weighted by atomic mass is 35.5. The molecular weight excluding hydrogens is 318 g/mol. The smallest absolute Gasteiger partial charge is 0.225 e. The number of ether oxygens (including phenoxy) is 1. The molecule has 7 heteroatoms. The molecule has 6 nitrogen and oxygen atoms in total. The molecule has 0 radical (unpaired) electrons. The maximum Gasteiger partial charge on any atom is 0.225 e. The first-order valence-corrected chi connectivity index (χ1v) is 8.21. The first-order chi connectivity index (χ1) is 10.7. The lowest BCUT2D eigenvalue weighted by Crippen LogP contribution is -2.53. The number of carbonyl (C=O) groups excluding carboxylic acids is 1. The summed E-state index contributed by atoms with van der Waals surface area (Å²) in [6.45, 7) is 4.19. The van der Waals surface area contributed by atoms with Crippen LogP contribution in [0.4, 0.5) is 0 Å². The Kier molecular flexibility index (Phi) is 6.44. The molecule has 0 spiro atoms. The van der Waals surface area contributed by atoms with Crippen molar-refractivity contribution in [3.05, 3.63) is 17.5 Å². The van der Waals surface area contributed by atoms with E-state index in [1.165, 1.54) is 0 Å². The van der Waals surface area contributed by atoms with Crippen LogP contribution in [0.2, 0.25) is 0 Å². The fourth-order valence-electron chi connectivity index (χ4n) is 3.46. The number of rotatable bonds is 4. The van der Waals surface area contributed by atoms with Crippen molar-refractivity contribution < 1.29 is 14.1 Å². The van der Waals surface area contributed by atoms with Gasteiger partial charge in [-0.05, 0) is 25.7 Å². The van der Waals surface area contributed by atoms with Gasteiger partial charge in [0.15, 0.2) is 5.76 Å². The molecule has 1 aromatic heterocycles. The predicted molar refractivity (Wildman–Crippen MR) is 88.5 cm³/mol. The molecule has 1 amide bonds. The average Bonchev–Trinajstić information content (AvgIpc) is 3.01. The van der Waals surface area contributed by atoms with Crippen molar-refractivity contribution in [3.8, 4) is 0 Å². The number of aromatic nitrogens is 1. The summed E-state index contributed by atoms with van der Waals surface area (Å²) in [4.78, 5) is 14.4. The molecular formula is C16H26ClN3O3. The number of amides is 1. The maximum atomic E-state index is 12.6. The van der Waals surface area contributed by atoms with Gasteiger partial charge < -0.3 is 19.5 Å². The summed E-state index contributed by atoms with van der Waals surface area (Å²) >= 11 is 0. The summed E-state index contributed by atoms with van der Waals surface area (Å²) in [5, 5.41) is 7.46. The van der Waals surface area contributed by atoms with E-state index in [1.807, 2.05) is 20.0 Å². The Balaban J connectivity index is 0.00000192. The highest BCUT2D eigenvalue weighted by Crippen LogP contribution is 2.29. The number of fused-ring (bicyclic) bond motifs is 1. The van der Waals surface area contributed by atoms with Gasteiger partial charge in [0, 0.05) is 31.6 Å². The van der Waals surface area contributed by atoms with Gasteiger partial charge in [0.1, 0.15) is 0 Å². The number of halogens is 1. The van der Waals surface area contributed by atoms with Crippen LogP contribution in [0.25, 0.3) is 0 Å². The SMILES string of the molecule is CCc1cc(CN(C)C(=O)[C@H]2CC[C@H]3OCCN[C@@H]3C2)on1.Cl. The average molecular weight is 344 g/mol. The number of hydrogen-bond donors (Lipinski definition) is 1. The zero-order chi connectivity index (χ0) is 15.5. The zero-order valence-electron chi connectivity index (χ0n) is 13.8. The lowest BCUT2D eigenvalue weighted by atomic mass is 9.82. The Labute approximate surface area is 143 Å². The Morgan fingerprint density at radius 3 is 3.04 bits per heavy atom. The zero-order valence-corrected chi connectivity index (χ0v) is 14.6. The first kappa shape index (κ1) is 18.2. The van der Waals surface area contributed by atoms with Crippen LogP contribution in [0.1, 0.15) is 37.6 Å². The van der Waals surface area contributed by atoms with Crippen LogP contribution in [0.3, 0.4) is 0 Å². The third kappa shape index (κ3) is 4.25. The minimum atomic E-state index is 0. The van der Waals surface area contributed by atoms with Crippen LogP contribution in [-0.4, -0.2) is 48.3 Å². The van der Waals surface area contributed by atoms with E-state index in [9.17, 15) is 4.79 Å². The molecule has 3 atom stereocenters. The van der Waals surface area contributed by atoms with Crippen LogP contribution in [-0.2, 0) is 22.5 Å². The van der Waals surface area contributed by atoms with Gasteiger partial charge in [0.25, 0.3) is 0 Å². The molecule has 0 aromatic carbocycles. The van der Waals surface area contributed by atoms with Crippen molar-refractivity contribution in [1.82, 2.24) is 15.4 Å². The van der Waals surface area contributed by atoms with Gasteiger partial charge in [-0.2, -0.15) is 0 Å². The largest absolute Gasteiger partial charge is 0.375 e. The first-order valence-electron chi connectivity index (χ1n) is 8.21. The highest BCUT2D eigenvalue weighted by molar-refractivity contribution is 5.85. The van der Waals surface area contributed by atoms with Gasteiger partial charge >= 0.3 is 0 Å². The molecule has 2 heterocycles. The fourth-order valence-corrected chi connectivity index (χ4v) is 3.46. The summed E-state index contributed by atoms with van der Waals surface area (Å²) < 4.78 is 11.0. The molecule has 1 aliphatic heterocycles. The monoisotopic (exact) mass is 343 g/mol. The lowest BCUT2D eigenvalue weighted by molar-refractivity contribution is -0.138. The van der Waals surface area contributed by atoms with Gasteiger partial charge in [-0.15, -0.1) is 12.4 Å². The van der Waals surface area contributed by atoms with Gasteiger partial charge in [-0.1, -0.05) is 12.1 Å². The third-order valence-corrected chi connectivity index (χ3v) is 4.72. The summed E-state index contributed by atoms with van der Waals surface area (Å²) in [6, 6.07) is 2.25. The van der Waals surface area contributed by atoms with Crippen molar-refractivity contribution in [3.63, 3.8) is 0 Å². The molecule has 130 valence electrons. The van der Waals surface area contributed by atoms with Crippen LogP contribution in [0, 0.1) is 5.92 Å². The molecule has 0 bridgehead atoms. The number of carbonyl (C=O) groups is 1. The lowest BCUT2D eigenvalue weighted by Gasteiger charge is -2.40. The quantitative estimate of drug-likeness (QED) is 0.902. The van der Waals surface area contributed by atoms with Crippen molar-refractivity contribution >= 4 is 18.3 Å². The number of morpholine rings is 1. The van der Waals surface area contributed by atoms with E-state index in [4.69, 9.17) is 9.26 Å². The van der Waals surface area contributed by atoms with E-state index < -0.39 is 0 Å². The van der Waals surface area contributed by atoms with Gasteiger partial charge in [-0.3, -0.25) is 4.79 Å². The van der Waals surface area contributed by atoms with Crippen molar-refractivity contribution in [2.45, 2.75) is 51.3 Å². The summed E-state index contributed by atoms with van der Waals surface area (Å²) in [7, 11) is 1.84. The summed E-state index contributed by atoms with van der Waals surface area (Å²) in [5.74, 6) is 1.02. The maximum absolute atomic E-state index is 12.6. The van der Waals surface area contributed by atoms with Gasteiger partial charge in [0.2, 0.25) is 5.91 Å². The normalized spacial score (nSPS) is 27.0. The van der Waals surface area contributed by atoms with E-state index in [2.05, 4.69) is 10.5 Å². The van der Waals surface area contributed by atoms with E-state index >= 15 is 0 Å². The van der Waals surface area contributed by atoms with Crippen LogP contribution < -0.4 is 5.32 Å². The number of nitrogens with one attached hydrogen (secondary N) is 1. The van der Waals surface area contributed by atoms with Crippen molar-refractivity contribution in [2.24, 2.45) is 5.92 Å². The molecule has 2 aliphatic rings. The second-order valence-corrected chi connectivity index (χ2v) is 6.31. The van der Waals surface area contributed by atoms with E-state index in [1.54, 1.807) is 4.90 Å².